The van der Waals surface area contributed by atoms with Crippen LogP contribution in [0, 0.1) is 0 Å². The number of alkyl halides is 3. The monoisotopic (exact) mass is 527 g/mol. The number of aromatic nitrogens is 1. The van der Waals surface area contributed by atoms with Crippen LogP contribution in [0.15, 0.2) is 60.8 Å². The van der Waals surface area contributed by atoms with Gasteiger partial charge >= 0.3 is 18.3 Å². The molecule has 1 unspecified atom stereocenters. The highest BCUT2D eigenvalue weighted by Crippen LogP contribution is 2.41. The van der Waals surface area contributed by atoms with Gasteiger partial charge in [0.25, 0.3) is 0 Å². The summed E-state index contributed by atoms with van der Waals surface area (Å²) in [5, 5.41) is 0. The predicted molar refractivity (Wildman–Crippen MR) is 133 cm³/mol. The number of hydrogen-bond donors (Lipinski definition) is 0. The first-order chi connectivity index (χ1) is 18.0. The van der Waals surface area contributed by atoms with Crippen molar-refractivity contribution < 1.29 is 37.0 Å². The minimum atomic E-state index is -4.62. The molecule has 0 spiro atoms. The van der Waals surface area contributed by atoms with E-state index in [4.69, 9.17) is 14.2 Å². The first kappa shape index (κ1) is 27.2. The fourth-order valence-electron chi connectivity index (χ4n) is 4.07. The molecule has 1 heterocycles. The molecule has 3 aromatic rings. The van der Waals surface area contributed by atoms with Gasteiger partial charge in [0.1, 0.15) is 0 Å². The zero-order valence-corrected chi connectivity index (χ0v) is 21.2. The molecule has 1 saturated carbocycles. The average Bonchev–Trinajstić information content (AvgIpc) is 3.69. The summed E-state index contributed by atoms with van der Waals surface area (Å²) in [7, 11) is 0. The van der Waals surface area contributed by atoms with Crippen LogP contribution >= 0.6 is 0 Å². The Morgan fingerprint density at radius 3 is 2.32 bits per heavy atom. The van der Waals surface area contributed by atoms with Gasteiger partial charge in [-0.3, -0.25) is 4.98 Å². The third-order valence-electron chi connectivity index (χ3n) is 5.96. The van der Waals surface area contributed by atoms with Crippen molar-refractivity contribution in [1.82, 2.24) is 4.98 Å². The summed E-state index contributed by atoms with van der Waals surface area (Å²) in [6.45, 7) is 4.68. The molecule has 6 nitrogen and oxygen atoms in total. The van der Waals surface area contributed by atoms with Gasteiger partial charge in [-0.25, -0.2) is 9.59 Å². The lowest BCUT2D eigenvalue weighted by Gasteiger charge is -2.17. The Balaban J connectivity index is 1.61. The highest BCUT2D eigenvalue weighted by Gasteiger charge is 2.35. The lowest BCUT2D eigenvalue weighted by atomic mass is 9.95. The minimum absolute atomic E-state index is 0.0190. The van der Waals surface area contributed by atoms with Crippen molar-refractivity contribution in [3.63, 3.8) is 0 Å². The minimum Gasteiger partial charge on any atom is -0.431 e. The van der Waals surface area contributed by atoms with Crippen LogP contribution in [0.3, 0.4) is 0 Å². The number of pyridine rings is 1. The molecular formula is C29H28F3NO5. The maximum atomic E-state index is 14.0. The number of hydrogen-bond acceptors (Lipinski definition) is 6. The summed E-state index contributed by atoms with van der Waals surface area (Å²) in [5.74, 6) is -0.425. The molecule has 38 heavy (non-hydrogen) atoms. The Bertz CT molecular complexity index is 1300. The maximum Gasteiger partial charge on any atom is 0.511 e. The fraction of sp³-hybridized carbons (Fsp3) is 0.345. The normalized spacial score (nSPS) is 14.2. The van der Waals surface area contributed by atoms with Gasteiger partial charge in [-0.05, 0) is 67.9 Å². The number of ether oxygens (including phenoxy) is 3. The van der Waals surface area contributed by atoms with Crippen LogP contribution in [-0.2, 0) is 26.8 Å². The number of nitrogens with zero attached hydrogens (tertiary/aromatic N) is 1. The molecule has 9 heteroatoms. The van der Waals surface area contributed by atoms with Crippen LogP contribution in [0.1, 0.15) is 72.1 Å². The van der Waals surface area contributed by atoms with Crippen LogP contribution in [0.5, 0.6) is 0 Å². The number of carbonyl (C=O) groups excluding carboxylic acids is 2. The van der Waals surface area contributed by atoms with E-state index in [2.05, 4.69) is 4.98 Å². The highest BCUT2D eigenvalue weighted by atomic mass is 19.4. The van der Waals surface area contributed by atoms with E-state index in [1.807, 2.05) is 6.07 Å². The highest BCUT2D eigenvalue weighted by molar-refractivity contribution is 5.91. The molecule has 1 aliphatic carbocycles. The van der Waals surface area contributed by atoms with Crippen LogP contribution in [0.25, 0.3) is 11.3 Å². The van der Waals surface area contributed by atoms with Crippen LogP contribution in [-0.4, -0.2) is 29.5 Å². The Hall–Kier alpha value is -3.88. The van der Waals surface area contributed by atoms with Gasteiger partial charge in [0, 0.05) is 18.7 Å². The SMILES string of the molecule is CC(C)OC(=O)OC(C)OC(=O)c1cc(C2CC2)ccc1Cc1cnc(-c2ccccc2)c(C(F)(F)F)c1. The molecule has 1 aromatic heterocycles. The van der Waals surface area contributed by atoms with Gasteiger partial charge < -0.3 is 14.2 Å². The quantitative estimate of drug-likeness (QED) is 0.226. The summed E-state index contributed by atoms with van der Waals surface area (Å²) in [6, 6.07) is 14.5. The van der Waals surface area contributed by atoms with Crippen molar-refractivity contribution >= 4 is 12.1 Å². The smallest absolute Gasteiger partial charge is 0.431 e. The summed E-state index contributed by atoms with van der Waals surface area (Å²) in [5.41, 5.74) is 1.24. The second kappa shape index (κ2) is 11.2. The van der Waals surface area contributed by atoms with E-state index in [1.165, 1.54) is 13.1 Å². The summed E-state index contributed by atoms with van der Waals surface area (Å²) >= 11 is 0. The number of carbonyl (C=O) groups is 2. The molecule has 1 aliphatic rings. The van der Waals surface area contributed by atoms with Gasteiger partial charge in [-0.2, -0.15) is 13.2 Å². The molecule has 2 aromatic carbocycles. The van der Waals surface area contributed by atoms with Crippen LogP contribution < -0.4 is 0 Å². The Morgan fingerprint density at radius 1 is 0.974 bits per heavy atom. The molecule has 0 N–H and O–H groups in total. The molecule has 0 aliphatic heterocycles. The molecule has 1 atom stereocenters. The second-order valence-corrected chi connectivity index (χ2v) is 9.48. The van der Waals surface area contributed by atoms with Crippen molar-refractivity contribution in [2.24, 2.45) is 0 Å². The third-order valence-corrected chi connectivity index (χ3v) is 5.96. The van der Waals surface area contributed by atoms with Gasteiger partial charge in [0.15, 0.2) is 0 Å². The van der Waals surface area contributed by atoms with E-state index in [-0.39, 0.29) is 23.2 Å². The summed E-state index contributed by atoms with van der Waals surface area (Å²) in [4.78, 5) is 29.0. The number of rotatable bonds is 8. The Labute approximate surface area is 218 Å². The second-order valence-electron chi connectivity index (χ2n) is 9.48. The van der Waals surface area contributed by atoms with Crippen LogP contribution in [0.2, 0.25) is 0 Å². The molecule has 4 rings (SSSR count). The average molecular weight is 528 g/mol. The molecular weight excluding hydrogens is 499 g/mol. The van der Waals surface area contributed by atoms with E-state index in [1.54, 1.807) is 56.3 Å². The van der Waals surface area contributed by atoms with E-state index in [0.717, 1.165) is 24.5 Å². The molecule has 0 radical (unpaired) electrons. The maximum absolute atomic E-state index is 14.0. The topological polar surface area (TPSA) is 74.7 Å². The molecule has 1 fully saturated rings. The van der Waals surface area contributed by atoms with Crippen molar-refractivity contribution in [1.29, 1.82) is 0 Å². The zero-order valence-electron chi connectivity index (χ0n) is 21.2. The number of halogens is 3. The van der Waals surface area contributed by atoms with Crippen molar-refractivity contribution in [3.05, 3.63) is 88.6 Å². The summed E-state index contributed by atoms with van der Waals surface area (Å²) < 4.78 is 57.1. The predicted octanol–water partition coefficient (Wildman–Crippen LogP) is 7.30. The number of esters is 1. The van der Waals surface area contributed by atoms with Gasteiger partial charge in [-0.1, -0.05) is 42.5 Å². The molecule has 0 amide bonds. The Kier molecular flexibility index (Phi) is 8.04. The van der Waals surface area contributed by atoms with E-state index >= 15 is 0 Å². The van der Waals surface area contributed by atoms with Gasteiger partial charge in [0.05, 0.1) is 22.9 Å². The largest absolute Gasteiger partial charge is 0.511 e. The lowest BCUT2D eigenvalue weighted by Crippen LogP contribution is -2.24. The molecule has 200 valence electrons. The number of benzene rings is 2. The standard InChI is InChI=1S/C29H28F3NO5/c1-17(2)36-28(35)38-18(3)37-27(34)24-15-22(20-9-10-20)11-12-23(24)13-19-14-25(29(30,31)32)26(33-16-19)21-7-5-4-6-8-21/h4-8,11-12,14-18,20H,9-10,13H2,1-3H3. The van der Waals surface area contributed by atoms with Crippen molar-refractivity contribution in [2.45, 2.75) is 64.5 Å². The van der Waals surface area contributed by atoms with E-state index in [9.17, 15) is 22.8 Å². The van der Waals surface area contributed by atoms with Crippen molar-refractivity contribution in [2.75, 3.05) is 0 Å². The van der Waals surface area contributed by atoms with Gasteiger partial charge in [-0.15, -0.1) is 0 Å². The zero-order chi connectivity index (χ0) is 27.4. The fourth-order valence-corrected chi connectivity index (χ4v) is 4.07. The Morgan fingerprint density at radius 2 is 1.68 bits per heavy atom. The third kappa shape index (κ3) is 6.90. The van der Waals surface area contributed by atoms with E-state index < -0.39 is 36.3 Å². The van der Waals surface area contributed by atoms with Gasteiger partial charge in [0.2, 0.25) is 6.29 Å². The first-order valence-corrected chi connectivity index (χ1v) is 12.3. The van der Waals surface area contributed by atoms with Crippen molar-refractivity contribution in [3.8, 4) is 11.3 Å². The van der Waals surface area contributed by atoms with Crippen LogP contribution in [0.4, 0.5) is 18.0 Å². The molecule has 0 bridgehead atoms. The molecule has 0 saturated heterocycles. The summed E-state index contributed by atoms with van der Waals surface area (Å²) in [6.07, 6.45) is -3.84. The van der Waals surface area contributed by atoms with E-state index in [0.29, 0.717) is 17.0 Å². The first-order valence-electron chi connectivity index (χ1n) is 12.3. The lowest BCUT2D eigenvalue weighted by molar-refractivity contribution is -0.137.